The predicted octanol–water partition coefficient (Wildman–Crippen LogP) is 4.74. The van der Waals surface area contributed by atoms with E-state index in [1.165, 1.54) is 18.2 Å². The van der Waals surface area contributed by atoms with E-state index in [9.17, 15) is 14.7 Å². The molecule has 1 heterocycles. The SMILES string of the molecule is COC(=O)c1ccc(CCN2C(=O)CC[C@@H]2C=CC(O)C2(c3ccc(C)cc3)CCCC2)cc1. The topological polar surface area (TPSA) is 66.8 Å². The minimum Gasteiger partial charge on any atom is -0.465 e. The van der Waals surface area contributed by atoms with Gasteiger partial charge in [-0.1, -0.05) is 67.0 Å². The van der Waals surface area contributed by atoms with Gasteiger partial charge in [0.05, 0.1) is 24.8 Å². The van der Waals surface area contributed by atoms with E-state index in [4.69, 9.17) is 4.74 Å². The van der Waals surface area contributed by atoms with Gasteiger partial charge in [0.2, 0.25) is 5.91 Å². The van der Waals surface area contributed by atoms with Crippen molar-refractivity contribution in [2.75, 3.05) is 13.7 Å². The van der Waals surface area contributed by atoms with Crippen LogP contribution in [0.2, 0.25) is 0 Å². The summed E-state index contributed by atoms with van der Waals surface area (Å²) < 4.78 is 4.75. The fourth-order valence-corrected chi connectivity index (χ4v) is 5.49. The number of benzene rings is 2. The molecule has 4 rings (SSSR count). The maximum atomic E-state index is 12.6. The van der Waals surface area contributed by atoms with Gasteiger partial charge in [0.15, 0.2) is 0 Å². The van der Waals surface area contributed by atoms with Gasteiger partial charge < -0.3 is 14.7 Å². The van der Waals surface area contributed by atoms with Crippen molar-refractivity contribution in [1.82, 2.24) is 4.90 Å². The van der Waals surface area contributed by atoms with Crippen molar-refractivity contribution in [3.05, 3.63) is 82.9 Å². The monoisotopic (exact) mass is 461 g/mol. The molecule has 2 aromatic carbocycles. The maximum Gasteiger partial charge on any atom is 0.337 e. The molecule has 0 spiro atoms. The number of likely N-dealkylation sites (tertiary alicyclic amines) is 1. The van der Waals surface area contributed by atoms with Gasteiger partial charge in [-0.25, -0.2) is 4.79 Å². The van der Waals surface area contributed by atoms with E-state index in [0.29, 0.717) is 24.9 Å². The highest BCUT2D eigenvalue weighted by atomic mass is 16.5. The van der Waals surface area contributed by atoms with Gasteiger partial charge in [-0.15, -0.1) is 0 Å². The highest BCUT2D eigenvalue weighted by Crippen LogP contribution is 2.44. The van der Waals surface area contributed by atoms with Crippen molar-refractivity contribution in [3.63, 3.8) is 0 Å². The van der Waals surface area contributed by atoms with Gasteiger partial charge in [0.25, 0.3) is 0 Å². The summed E-state index contributed by atoms with van der Waals surface area (Å²) >= 11 is 0. The van der Waals surface area contributed by atoms with Crippen molar-refractivity contribution >= 4 is 11.9 Å². The molecule has 1 saturated carbocycles. The summed E-state index contributed by atoms with van der Waals surface area (Å²) in [7, 11) is 1.37. The number of amides is 1. The lowest BCUT2D eigenvalue weighted by molar-refractivity contribution is -0.128. The summed E-state index contributed by atoms with van der Waals surface area (Å²) in [6, 6.07) is 15.9. The van der Waals surface area contributed by atoms with Gasteiger partial charge in [-0.3, -0.25) is 4.79 Å². The number of aliphatic hydroxyl groups is 1. The average molecular weight is 462 g/mol. The largest absolute Gasteiger partial charge is 0.465 e. The van der Waals surface area contributed by atoms with Crippen LogP contribution in [0.5, 0.6) is 0 Å². The lowest BCUT2D eigenvalue weighted by Gasteiger charge is -2.34. The number of methoxy groups -OCH3 is 1. The number of rotatable bonds is 8. The van der Waals surface area contributed by atoms with E-state index in [0.717, 1.165) is 37.7 Å². The van der Waals surface area contributed by atoms with Crippen molar-refractivity contribution < 1.29 is 19.4 Å². The predicted molar refractivity (Wildman–Crippen MR) is 133 cm³/mol. The Balaban J connectivity index is 1.42. The third kappa shape index (κ3) is 5.10. The smallest absolute Gasteiger partial charge is 0.337 e. The molecule has 180 valence electrons. The zero-order chi connectivity index (χ0) is 24.1. The maximum absolute atomic E-state index is 12.6. The molecule has 34 heavy (non-hydrogen) atoms. The molecule has 2 aliphatic rings. The molecule has 5 nitrogen and oxygen atoms in total. The van der Waals surface area contributed by atoms with Gasteiger partial charge in [-0.05, 0) is 55.9 Å². The Hall–Kier alpha value is -2.92. The molecule has 2 aromatic rings. The Labute approximate surface area is 202 Å². The normalized spacial score (nSPS) is 20.7. The summed E-state index contributed by atoms with van der Waals surface area (Å²) in [4.78, 5) is 26.1. The Morgan fingerprint density at radius 1 is 1.15 bits per heavy atom. The van der Waals surface area contributed by atoms with Gasteiger partial charge >= 0.3 is 5.97 Å². The number of aryl methyl sites for hydroxylation is 1. The van der Waals surface area contributed by atoms with Gasteiger partial charge in [-0.2, -0.15) is 0 Å². The minimum absolute atomic E-state index is 0.00737. The third-order valence-electron chi connectivity index (χ3n) is 7.60. The van der Waals surface area contributed by atoms with Gasteiger partial charge in [0.1, 0.15) is 0 Å². The summed E-state index contributed by atoms with van der Waals surface area (Å²) in [6.45, 7) is 2.70. The number of hydrogen-bond donors (Lipinski definition) is 1. The molecular formula is C29H35NO4. The number of ether oxygens (including phenoxy) is 1. The fourth-order valence-electron chi connectivity index (χ4n) is 5.49. The second-order valence-corrected chi connectivity index (χ2v) is 9.69. The number of esters is 1. The second-order valence-electron chi connectivity index (χ2n) is 9.69. The number of carbonyl (C=O) groups excluding carboxylic acids is 2. The average Bonchev–Trinajstić information content (AvgIpc) is 3.49. The molecule has 1 unspecified atom stereocenters. The molecular weight excluding hydrogens is 426 g/mol. The number of aliphatic hydroxyl groups excluding tert-OH is 1. The molecule has 1 aliphatic carbocycles. The van der Waals surface area contributed by atoms with Crippen LogP contribution in [0.1, 0.15) is 65.6 Å². The zero-order valence-electron chi connectivity index (χ0n) is 20.2. The van der Waals surface area contributed by atoms with Crippen molar-refractivity contribution in [2.24, 2.45) is 0 Å². The van der Waals surface area contributed by atoms with Crippen LogP contribution >= 0.6 is 0 Å². The lowest BCUT2D eigenvalue weighted by atomic mass is 9.73. The summed E-state index contributed by atoms with van der Waals surface area (Å²) in [5.74, 6) is -0.194. The molecule has 0 aromatic heterocycles. The Bertz CT molecular complexity index is 1020. The standard InChI is InChI=1S/C29H35NO4/c1-21-5-11-24(12-6-21)29(18-3-4-19-29)26(31)15-13-25-14-16-27(32)30(25)20-17-22-7-9-23(10-8-22)28(33)34-2/h5-13,15,25-26,31H,3-4,14,16-20H2,1-2H3/t25-,26?/m0/s1. The molecule has 5 heteroatoms. The second kappa shape index (κ2) is 10.6. The fraction of sp³-hybridized carbons (Fsp3) is 0.448. The summed E-state index contributed by atoms with van der Waals surface area (Å²) in [5.41, 5.74) is 3.79. The molecule has 2 fully saturated rings. The third-order valence-corrected chi connectivity index (χ3v) is 7.60. The molecule has 1 amide bonds. The van der Waals surface area contributed by atoms with E-state index < -0.39 is 6.10 Å². The Morgan fingerprint density at radius 2 is 1.82 bits per heavy atom. The molecule has 2 atom stereocenters. The van der Waals surface area contributed by atoms with Gasteiger partial charge in [0, 0.05) is 18.4 Å². The Morgan fingerprint density at radius 3 is 2.47 bits per heavy atom. The quantitative estimate of drug-likeness (QED) is 0.455. The minimum atomic E-state index is -0.568. The van der Waals surface area contributed by atoms with Crippen LogP contribution in [0.25, 0.3) is 0 Å². The molecule has 1 saturated heterocycles. The van der Waals surface area contributed by atoms with Crippen LogP contribution < -0.4 is 0 Å². The van der Waals surface area contributed by atoms with Crippen molar-refractivity contribution in [3.8, 4) is 0 Å². The van der Waals surface area contributed by atoms with Crippen LogP contribution in [0.15, 0.2) is 60.7 Å². The summed E-state index contributed by atoms with van der Waals surface area (Å²) in [5, 5.41) is 11.3. The number of carbonyl (C=O) groups is 2. The van der Waals surface area contributed by atoms with Crippen molar-refractivity contribution in [1.29, 1.82) is 0 Å². The van der Waals surface area contributed by atoms with Crippen molar-refractivity contribution in [2.45, 2.75) is 69.4 Å². The van der Waals surface area contributed by atoms with E-state index in [1.807, 2.05) is 29.2 Å². The number of hydrogen-bond acceptors (Lipinski definition) is 4. The van der Waals surface area contributed by atoms with E-state index in [-0.39, 0.29) is 23.3 Å². The molecule has 0 bridgehead atoms. The first-order chi connectivity index (χ1) is 16.4. The highest BCUT2D eigenvalue weighted by molar-refractivity contribution is 5.89. The molecule has 0 radical (unpaired) electrons. The zero-order valence-corrected chi connectivity index (χ0v) is 20.2. The van der Waals surface area contributed by atoms with Crippen LogP contribution in [-0.2, 0) is 21.4 Å². The molecule has 1 N–H and O–H groups in total. The van der Waals surface area contributed by atoms with E-state index >= 15 is 0 Å². The van der Waals surface area contributed by atoms with Crippen LogP contribution in [0, 0.1) is 6.92 Å². The van der Waals surface area contributed by atoms with E-state index in [1.54, 1.807) is 12.1 Å². The highest BCUT2D eigenvalue weighted by Gasteiger charge is 2.41. The van der Waals surface area contributed by atoms with E-state index in [2.05, 4.69) is 31.2 Å². The Kier molecular flexibility index (Phi) is 7.52. The first kappa shape index (κ1) is 24.2. The first-order valence-corrected chi connectivity index (χ1v) is 12.3. The lowest BCUT2D eigenvalue weighted by Crippen LogP contribution is -2.37. The summed E-state index contributed by atoms with van der Waals surface area (Å²) in [6.07, 6.45) is 9.66. The first-order valence-electron chi connectivity index (χ1n) is 12.3. The number of nitrogens with zero attached hydrogens (tertiary/aromatic N) is 1. The van der Waals surface area contributed by atoms with Crippen LogP contribution in [0.4, 0.5) is 0 Å². The van der Waals surface area contributed by atoms with Crippen LogP contribution in [-0.4, -0.2) is 47.7 Å². The van der Waals surface area contributed by atoms with Crippen LogP contribution in [0.3, 0.4) is 0 Å². The molecule has 1 aliphatic heterocycles.